The molecule has 2 atom stereocenters. The number of rotatable bonds is 6. The van der Waals surface area contributed by atoms with E-state index >= 15 is 0 Å². The Labute approximate surface area is 195 Å². The Bertz CT molecular complexity index is 1140. The summed E-state index contributed by atoms with van der Waals surface area (Å²) in [6.07, 6.45) is 3.46. The number of pyridine rings is 1. The first-order valence-corrected chi connectivity index (χ1v) is 11.5. The van der Waals surface area contributed by atoms with Gasteiger partial charge in [0.2, 0.25) is 11.5 Å². The van der Waals surface area contributed by atoms with Crippen molar-refractivity contribution in [1.29, 1.82) is 0 Å². The van der Waals surface area contributed by atoms with Crippen LogP contribution in [0.5, 0.6) is 0 Å². The summed E-state index contributed by atoms with van der Waals surface area (Å²) >= 11 is 0. The summed E-state index contributed by atoms with van der Waals surface area (Å²) in [6, 6.07) is 21.6. The van der Waals surface area contributed by atoms with Crippen LogP contribution in [0.15, 0.2) is 77.7 Å². The average Bonchev–Trinajstić information content (AvgIpc) is 2.79. The molecule has 1 fully saturated rings. The highest BCUT2D eigenvalue weighted by Crippen LogP contribution is 2.44. The van der Waals surface area contributed by atoms with Gasteiger partial charge in [0, 0.05) is 30.6 Å². The molecule has 1 aromatic heterocycles. The Balaban J connectivity index is 1.53. The van der Waals surface area contributed by atoms with Crippen molar-refractivity contribution in [2.45, 2.75) is 57.1 Å². The lowest BCUT2D eigenvalue weighted by atomic mass is 9.66. The number of nitrogens with one attached hydrogen (secondary N) is 1. The molecule has 1 amide bonds. The van der Waals surface area contributed by atoms with Crippen molar-refractivity contribution >= 4 is 5.91 Å². The maximum atomic E-state index is 13.4. The fourth-order valence-electron chi connectivity index (χ4n) is 5.19. The van der Waals surface area contributed by atoms with Gasteiger partial charge in [0.1, 0.15) is 0 Å². The third-order valence-electron chi connectivity index (χ3n) is 6.78. The van der Waals surface area contributed by atoms with Gasteiger partial charge in [0.15, 0.2) is 0 Å². The second-order valence-corrected chi connectivity index (χ2v) is 9.89. The predicted molar refractivity (Wildman–Crippen MR) is 131 cm³/mol. The summed E-state index contributed by atoms with van der Waals surface area (Å²) < 4.78 is 0. The number of nitrogens with zero attached hydrogens (tertiary/aromatic N) is 1. The third kappa shape index (κ3) is 5.09. The van der Waals surface area contributed by atoms with Crippen LogP contribution in [0, 0.1) is 0 Å². The van der Waals surface area contributed by atoms with Crippen LogP contribution >= 0.6 is 0 Å². The van der Waals surface area contributed by atoms with E-state index in [-0.39, 0.29) is 22.9 Å². The van der Waals surface area contributed by atoms with E-state index in [4.69, 9.17) is 0 Å². The third-order valence-corrected chi connectivity index (χ3v) is 6.78. The Hall–Kier alpha value is -3.18. The number of aliphatic hydroxyl groups is 1. The largest absolute Gasteiger partial charge is 0.390 e. The number of piperidine rings is 1. The molecule has 0 saturated carbocycles. The van der Waals surface area contributed by atoms with E-state index in [0.29, 0.717) is 19.4 Å². The number of carbonyl (C=O) groups is 1. The fraction of sp³-hybridized carbons (Fsp3) is 0.357. The van der Waals surface area contributed by atoms with Crippen LogP contribution in [0.25, 0.3) is 11.1 Å². The minimum Gasteiger partial charge on any atom is -0.390 e. The van der Waals surface area contributed by atoms with Crippen LogP contribution in [0.4, 0.5) is 0 Å². The number of hydrogen-bond acceptors (Lipinski definition) is 3. The van der Waals surface area contributed by atoms with Crippen LogP contribution in [-0.4, -0.2) is 33.0 Å². The van der Waals surface area contributed by atoms with Gasteiger partial charge in [-0.3, -0.25) is 9.59 Å². The molecular formula is C28H32N2O3. The standard InChI is InChI=1S/C28H32N2O3/c1-20(21-9-11-22(12-10-21)23-13-14-25(31)29-18-23)30-16-15-28(17-26(30)32,19-27(2,3)33)24-7-5-4-6-8-24/h4-14,18,20,33H,15-17,19H2,1-3H3,(H,29,31)/t20-,28-/m0/s1. The molecule has 1 aliphatic heterocycles. The van der Waals surface area contributed by atoms with Gasteiger partial charge in [-0.25, -0.2) is 0 Å². The number of H-pyrrole nitrogens is 1. The summed E-state index contributed by atoms with van der Waals surface area (Å²) in [5.74, 6) is 0.117. The Morgan fingerprint density at radius 3 is 2.24 bits per heavy atom. The molecule has 4 rings (SSSR count). The highest BCUT2D eigenvalue weighted by Gasteiger charge is 2.44. The Morgan fingerprint density at radius 1 is 1.00 bits per heavy atom. The number of carbonyl (C=O) groups excluding carboxylic acids is 1. The first kappa shape index (κ1) is 23.0. The van der Waals surface area contributed by atoms with Crippen molar-refractivity contribution in [2.75, 3.05) is 6.54 Å². The molecule has 0 radical (unpaired) electrons. The first-order valence-electron chi connectivity index (χ1n) is 11.5. The van der Waals surface area contributed by atoms with E-state index < -0.39 is 5.60 Å². The van der Waals surface area contributed by atoms with Crippen LogP contribution in [0.3, 0.4) is 0 Å². The summed E-state index contributed by atoms with van der Waals surface area (Å²) in [4.78, 5) is 29.4. The number of benzene rings is 2. The van der Waals surface area contributed by atoms with Gasteiger partial charge < -0.3 is 15.0 Å². The van der Waals surface area contributed by atoms with Gasteiger partial charge in [-0.05, 0) is 61.9 Å². The zero-order valence-electron chi connectivity index (χ0n) is 19.5. The Kier molecular flexibility index (Phi) is 6.26. The fourth-order valence-corrected chi connectivity index (χ4v) is 5.19. The summed E-state index contributed by atoms with van der Waals surface area (Å²) in [5, 5.41) is 10.6. The van der Waals surface area contributed by atoms with Gasteiger partial charge in [-0.2, -0.15) is 0 Å². The van der Waals surface area contributed by atoms with Crippen LogP contribution in [-0.2, 0) is 10.2 Å². The lowest BCUT2D eigenvalue weighted by molar-refractivity contribution is -0.139. The molecule has 172 valence electrons. The average molecular weight is 445 g/mol. The zero-order chi connectivity index (χ0) is 23.6. The lowest BCUT2D eigenvalue weighted by Gasteiger charge is -2.46. The zero-order valence-corrected chi connectivity index (χ0v) is 19.5. The van der Waals surface area contributed by atoms with E-state index in [1.54, 1.807) is 12.3 Å². The van der Waals surface area contributed by atoms with Crippen molar-refractivity contribution in [2.24, 2.45) is 0 Å². The van der Waals surface area contributed by atoms with E-state index in [9.17, 15) is 14.7 Å². The Morgan fingerprint density at radius 2 is 1.67 bits per heavy atom. The minimum absolute atomic E-state index is 0.0435. The summed E-state index contributed by atoms with van der Waals surface area (Å²) in [5.41, 5.74) is 2.82. The maximum absolute atomic E-state index is 13.4. The first-order chi connectivity index (χ1) is 15.7. The predicted octanol–water partition coefficient (Wildman–Crippen LogP) is 4.82. The van der Waals surface area contributed by atoms with Gasteiger partial charge >= 0.3 is 0 Å². The number of amides is 1. The number of aromatic nitrogens is 1. The van der Waals surface area contributed by atoms with Crippen LogP contribution in [0.2, 0.25) is 0 Å². The molecule has 2 heterocycles. The molecule has 33 heavy (non-hydrogen) atoms. The summed E-state index contributed by atoms with van der Waals surface area (Å²) in [7, 11) is 0. The maximum Gasteiger partial charge on any atom is 0.247 e. The summed E-state index contributed by atoms with van der Waals surface area (Å²) in [6.45, 7) is 6.35. The number of aromatic amines is 1. The number of hydrogen-bond donors (Lipinski definition) is 2. The molecule has 2 N–H and O–H groups in total. The van der Waals surface area contributed by atoms with Crippen molar-refractivity contribution in [3.05, 3.63) is 94.4 Å². The quantitative estimate of drug-likeness (QED) is 0.572. The molecule has 3 aromatic rings. The molecule has 1 saturated heterocycles. The van der Waals surface area contributed by atoms with Crippen molar-refractivity contribution in [1.82, 2.24) is 9.88 Å². The molecule has 1 aliphatic rings. The van der Waals surface area contributed by atoms with Crippen molar-refractivity contribution < 1.29 is 9.90 Å². The highest BCUT2D eigenvalue weighted by molar-refractivity contribution is 5.79. The van der Waals surface area contributed by atoms with Gasteiger partial charge in [0.25, 0.3) is 0 Å². The minimum atomic E-state index is -0.860. The smallest absolute Gasteiger partial charge is 0.247 e. The van der Waals surface area contributed by atoms with E-state index in [1.165, 1.54) is 6.07 Å². The second kappa shape index (κ2) is 8.99. The van der Waals surface area contributed by atoms with Crippen LogP contribution in [0.1, 0.15) is 57.2 Å². The van der Waals surface area contributed by atoms with E-state index in [2.05, 4.69) is 24.0 Å². The SMILES string of the molecule is C[C@@H](c1ccc(-c2ccc(=O)[nH]c2)cc1)N1CC[C@](CC(C)(C)O)(c2ccccc2)CC1=O. The van der Waals surface area contributed by atoms with E-state index in [0.717, 1.165) is 28.7 Å². The highest BCUT2D eigenvalue weighted by atomic mass is 16.3. The molecule has 0 spiro atoms. The molecular weight excluding hydrogens is 412 g/mol. The normalized spacial score (nSPS) is 20.0. The van der Waals surface area contributed by atoms with Gasteiger partial charge in [-0.1, -0.05) is 54.6 Å². The van der Waals surface area contributed by atoms with Crippen LogP contribution < -0.4 is 5.56 Å². The van der Waals surface area contributed by atoms with E-state index in [1.807, 2.05) is 61.2 Å². The second-order valence-electron chi connectivity index (χ2n) is 9.89. The molecule has 5 heteroatoms. The molecule has 0 unspecified atom stereocenters. The topological polar surface area (TPSA) is 73.4 Å². The van der Waals surface area contributed by atoms with Gasteiger partial charge in [0.05, 0.1) is 11.6 Å². The molecule has 0 bridgehead atoms. The lowest BCUT2D eigenvalue weighted by Crippen LogP contribution is -2.49. The molecule has 0 aliphatic carbocycles. The number of likely N-dealkylation sites (tertiary alicyclic amines) is 1. The molecule has 5 nitrogen and oxygen atoms in total. The van der Waals surface area contributed by atoms with Crippen molar-refractivity contribution in [3.63, 3.8) is 0 Å². The molecule has 2 aromatic carbocycles. The van der Waals surface area contributed by atoms with Gasteiger partial charge in [-0.15, -0.1) is 0 Å². The van der Waals surface area contributed by atoms with Crippen molar-refractivity contribution in [3.8, 4) is 11.1 Å². The monoisotopic (exact) mass is 444 g/mol.